The number of nitrogens with zero attached hydrogens (tertiary/aromatic N) is 1. The van der Waals surface area contributed by atoms with Gasteiger partial charge in [-0.05, 0) is 18.2 Å². The van der Waals surface area contributed by atoms with Crippen LogP contribution in [0.1, 0.15) is 0 Å². The maximum Gasteiger partial charge on any atom is 0.355 e. The second kappa shape index (κ2) is 7.88. The Balaban J connectivity index is 2.09. The lowest BCUT2D eigenvalue weighted by Crippen LogP contribution is -2.38. The third-order valence-electron chi connectivity index (χ3n) is 4.07. The van der Waals surface area contributed by atoms with Crippen LogP contribution in [0.25, 0.3) is 11.3 Å². The molecule has 0 radical (unpaired) electrons. The number of esters is 2. The third-order valence-corrected chi connectivity index (χ3v) is 4.07. The van der Waals surface area contributed by atoms with Gasteiger partial charge in [-0.25, -0.2) is 9.59 Å². The van der Waals surface area contributed by atoms with E-state index in [1.54, 1.807) is 30.3 Å². The topological polar surface area (TPSA) is 97.9 Å². The Morgan fingerprint density at radius 3 is 2.52 bits per heavy atom. The van der Waals surface area contributed by atoms with Gasteiger partial charge in [0.2, 0.25) is 5.56 Å². The maximum atomic E-state index is 12.3. The van der Waals surface area contributed by atoms with E-state index in [-0.39, 0.29) is 30.2 Å². The van der Waals surface area contributed by atoms with Gasteiger partial charge in [0.1, 0.15) is 12.4 Å². The molecule has 0 amide bonds. The van der Waals surface area contributed by atoms with Gasteiger partial charge < -0.3 is 24.1 Å². The zero-order valence-electron chi connectivity index (χ0n) is 14.9. The number of H-pyrrole nitrogens is 1. The van der Waals surface area contributed by atoms with Crippen molar-refractivity contribution in [2.45, 2.75) is 0 Å². The normalized spacial score (nSPS) is 14.1. The lowest BCUT2D eigenvalue weighted by molar-refractivity contribution is -0.140. The van der Waals surface area contributed by atoms with Gasteiger partial charge in [-0.15, -0.1) is 0 Å². The quantitative estimate of drug-likeness (QED) is 0.813. The molecular formula is C19H18N2O6. The predicted octanol–water partition coefficient (Wildman–Crippen LogP) is 1.44. The molecule has 2 aromatic rings. The summed E-state index contributed by atoms with van der Waals surface area (Å²) < 4.78 is 15.1. The highest BCUT2D eigenvalue weighted by Gasteiger charge is 2.32. The molecule has 1 N–H and O–H groups in total. The Kier molecular flexibility index (Phi) is 5.37. The molecule has 0 bridgehead atoms. The molecule has 0 atom stereocenters. The maximum absolute atomic E-state index is 12.3. The minimum absolute atomic E-state index is 0.0552. The van der Waals surface area contributed by atoms with Gasteiger partial charge in [-0.1, -0.05) is 18.2 Å². The third kappa shape index (κ3) is 3.75. The number of hydrogen-bond donors (Lipinski definition) is 1. The SMILES string of the molecule is COC(=O)C1=C(C(=O)OC)N(c2cccc(-c3cccc(=O)[nH]3)c2)COC1. The number of ether oxygens (including phenoxy) is 3. The zero-order valence-corrected chi connectivity index (χ0v) is 14.9. The first-order valence-electron chi connectivity index (χ1n) is 8.10. The van der Waals surface area contributed by atoms with Crippen molar-refractivity contribution in [1.29, 1.82) is 0 Å². The molecule has 0 saturated carbocycles. The molecule has 140 valence electrons. The summed E-state index contributed by atoms with van der Waals surface area (Å²) in [7, 11) is 2.47. The van der Waals surface area contributed by atoms with Gasteiger partial charge in [0.25, 0.3) is 0 Å². The van der Waals surface area contributed by atoms with Gasteiger partial charge in [-0.2, -0.15) is 0 Å². The summed E-state index contributed by atoms with van der Waals surface area (Å²) in [5.74, 6) is -1.33. The Labute approximate surface area is 155 Å². The molecule has 1 aliphatic rings. The van der Waals surface area contributed by atoms with Crippen LogP contribution in [0, 0.1) is 0 Å². The molecular weight excluding hydrogens is 352 g/mol. The average molecular weight is 370 g/mol. The molecule has 0 fully saturated rings. The lowest BCUT2D eigenvalue weighted by atomic mass is 10.1. The monoisotopic (exact) mass is 370 g/mol. The number of hydrogen-bond acceptors (Lipinski definition) is 7. The van der Waals surface area contributed by atoms with E-state index in [1.807, 2.05) is 6.07 Å². The molecule has 3 rings (SSSR count). The number of rotatable bonds is 4. The number of pyridine rings is 1. The Morgan fingerprint density at radius 2 is 1.81 bits per heavy atom. The van der Waals surface area contributed by atoms with E-state index in [4.69, 9.17) is 14.2 Å². The molecule has 0 aliphatic carbocycles. The summed E-state index contributed by atoms with van der Waals surface area (Å²) in [5.41, 5.74) is 1.88. The lowest BCUT2D eigenvalue weighted by Gasteiger charge is -2.31. The minimum Gasteiger partial charge on any atom is -0.466 e. The van der Waals surface area contributed by atoms with Crippen LogP contribution in [0.3, 0.4) is 0 Å². The highest BCUT2D eigenvalue weighted by atomic mass is 16.5. The van der Waals surface area contributed by atoms with Gasteiger partial charge >= 0.3 is 11.9 Å². The first-order valence-corrected chi connectivity index (χ1v) is 8.10. The van der Waals surface area contributed by atoms with Crippen LogP contribution < -0.4 is 10.5 Å². The van der Waals surface area contributed by atoms with E-state index in [1.165, 1.54) is 25.2 Å². The summed E-state index contributed by atoms with van der Waals surface area (Å²) in [4.78, 5) is 40.3. The largest absolute Gasteiger partial charge is 0.466 e. The number of carbonyl (C=O) groups excluding carboxylic acids is 2. The molecule has 0 unspecified atom stereocenters. The fraction of sp³-hybridized carbons (Fsp3) is 0.211. The Bertz CT molecular complexity index is 962. The highest BCUT2D eigenvalue weighted by molar-refractivity contribution is 6.03. The number of benzene rings is 1. The number of aromatic amines is 1. The van der Waals surface area contributed by atoms with E-state index in [0.717, 1.165) is 5.56 Å². The van der Waals surface area contributed by atoms with Crippen LogP contribution in [0.15, 0.2) is 58.5 Å². The second-order valence-electron chi connectivity index (χ2n) is 5.69. The van der Waals surface area contributed by atoms with Crippen molar-refractivity contribution < 1.29 is 23.8 Å². The fourth-order valence-electron chi connectivity index (χ4n) is 2.80. The van der Waals surface area contributed by atoms with E-state index >= 15 is 0 Å². The second-order valence-corrected chi connectivity index (χ2v) is 5.69. The predicted molar refractivity (Wildman–Crippen MR) is 96.9 cm³/mol. The van der Waals surface area contributed by atoms with Crippen LogP contribution in [-0.4, -0.2) is 44.5 Å². The van der Waals surface area contributed by atoms with Crippen molar-refractivity contribution in [2.24, 2.45) is 0 Å². The molecule has 1 aromatic carbocycles. The van der Waals surface area contributed by atoms with Gasteiger partial charge in [0.05, 0.1) is 26.4 Å². The van der Waals surface area contributed by atoms with Crippen molar-refractivity contribution in [3.8, 4) is 11.3 Å². The van der Waals surface area contributed by atoms with Gasteiger partial charge in [0, 0.05) is 23.0 Å². The summed E-state index contributed by atoms with van der Waals surface area (Å²) in [6.45, 7) is -0.000999. The van der Waals surface area contributed by atoms with Crippen molar-refractivity contribution in [3.05, 3.63) is 64.1 Å². The molecule has 1 aromatic heterocycles. The van der Waals surface area contributed by atoms with Crippen LogP contribution >= 0.6 is 0 Å². The average Bonchev–Trinajstić information content (AvgIpc) is 2.72. The fourth-order valence-corrected chi connectivity index (χ4v) is 2.80. The van der Waals surface area contributed by atoms with E-state index in [0.29, 0.717) is 11.4 Å². The smallest absolute Gasteiger partial charge is 0.355 e. The summed E-state index contributed by atoms with van der Waals surface area (Å²) in [6.07, 6.45) is 0. The summed E-state index contributed by atoms with van der Waals surface area (Å²) in [6, 6.07) is 12.0. The van der Waals surface area contributed by atoms with Gasteiger partial charge in [-0.3, -0.25) is 4.79 Å². The highest BCUT2D eigenvalue weighted by Crippen LogP contribution is 2.29. The van der Waals surface area contributed by atoms with Crippen molar-refractivity contribution in [1.82, 2.24) is 4.98 Å². The molecule has 1 aliphatic heterocycles. The summed E-state index contributed by atoms with van der Waals surface area (Å²) in [5, 5.41) is 0. The van der Waals surface area contributed by atoms with Crippen molar-refractivity contribution >= 4 is 17.6 Å². The number of methoxy groups -OCH3 is 2. The molecule has 0 spiro atoms. The van der Waals surface area contributed by atoms with E-state index in [9.17, 15) is 14.4 Å². The van der Waals surface area contributed by atoms with Crippen LogP contribution in [-0.2, 0) is 23.8 Å². The van der Waals surface area contributed by atoms with Crippen LogP contribution in [0.4, 0.5) is 5.69 Å². The molecule has 8 heteroatoms. The van der Waals surface area contributed by atoms with E-state index < -0.39 is 11.9 Å². The first-order chi connectivity index (χ1) is 13.0. The molecule has 27 heavy (non-hydrogen) atoms. The molecule has 0 saturated heterocycles. The number of aromatic nitrogens is 1. The standard InChI is InChI=1S/C19H18N2O6/c1-25-18(23)14-10-27-11-21(17(14)19(24)26-2)13-6-3-5-12(9-13)15-7-4-8-16(22)20-15/h3-9H,10-11H2,1-2H3,(H,20,22). The molecule has 8 nitrogen and oxygen atoms in total. The van der Waals surface area contributed by atoms with E-state index in [2.05, 4.69) is 4.98 Å². The Morgan fingerprint density at radius 1 is 1.07 bits per heavy atom. The number of nitrogens with one attached hydrogen (secondary N) is 1. The molecule has 2 heterocycles. The first kappa shape index (κ1) is 18.4. The van der Waals surface area contributed by atoms with Crippen molar-refractivity contribution in [3.63, 3.8) is 0 Å². The van der Waals surface area contributed by atoms with Crippen molar-refractivity contribution in [2.75, 3.05) is 32.5 Å². The minimum atomic E-state index is -0.669. The summed E-state index contributed by atoms with van der Waals surface area (Å²) >= 11 is 0. The number of carbonyl (C=O) groups is 2. The van der Waals surface area contributed by atoms with Gasteiger partial charge in [0.15, 0.2) is 0 Å². The Hall–Kier alpha value is -3.39. The van der Waals surface area contributed by atoms with Crippen LogP contribution in [0.2, 0.25) is 0 Å². The number of anilines is 1. The van der Waals surface area contributed by atoms with Crippen LogP contribution in [0.5, 0.6) is 0 Å². The zero-order chi connectivity index (χ0) is 19.4.